The van der Waals surface area contributed by atoms with Crippen molar-refractivity contribution in [3.63, 3.8) is 0 Å². The highest BCUT2D eigenvalue weighted by molar-refractivity contribution is 5.76. The van der Waals surface area contributed by atoms with E-state index in [2.05, 4.69) is 15.3 Å². The molecule has 0 aliphatic carbocycles. The lowest BCUT2D eigenvalue weighted by atomic mass is 10.2. The number of rotatable bonds is 6. The Labute approximate surface area is 101 Å². The second-order valence-corrected chi connectivity index (χ2v) is 4.33. The van der Waals surface area contributed by atoms with Crippen LogP contribution in [0.25, 0.3) is 0 Å². The van der Waals surface area contributed by atoms with Gasteiger partial charge in [0.05, 0.1) is 12.5 Å². The summed E-state index contributed by atoms with van der Waals surface area (Å²) in [4.78, 5) is 18.7. The first-order valence-electron chi connectivity index (χ1n) is 6.21. The van der Waals surface area contributed by atoms with Crippen molar-refractivity contribution in [2.75, 3.05) is 13.2 Å². The Hall–Kier alpha value is -1.36. The molecule has 0 bridgehead atoms. The third-order valence-corrected chi connectivity index (χ3v) is 2.90. The molecule has 0 saturated carbocycles. The zero-order chi connectivity index (χ0) is 11.9. The Morgan fingerprint density at radius 3 is 3.29 bits per heavy atom. The van der Waals surface area contributed by atoms with Gasteiger partial charge in [0.25, 0.3) is 0 Å². The van der Waals surface area contributed by atoms with E-state index in [1.807, 2.05) is 6.20 Å². The van der Waals surface area contributed by atoms with E-state index < -0.39 is 0 Å². The van der Waals surface area contributed by atoms with Crippen molar-refractivity contribution in [1.82, 2.24) is 15.3 Å². The number of aromatic nitrogens is 2. The van der Waals surface area contributed by atoms with Gasteiger partial charge in [-0.25, -0.2) is 4.98 Å². The number of aromatic amines is 1. The van der Waals surface area contributed by atoms with Crippen LogP contribution < -0.4 is 5.32 Å². The number of nitrogens with zero attached hydrogens (tertiary/aromatic N) is 1. The van der Waals surface area contributed by atoms with Gasteiger partial charge in [-0.05, 0) is 19.3 Å². The Morgan fingerprint density at radius 2 is 2.59 bits per heavy atom. The van der Waals surface area contributed by atoms with Gasteiger partial charge in [-0.15, -0.1) is 0 Å². The zero-order valence-corrected chi connectivity index (χ0v) is 9.95. The van der Waals surface area contributed by atoms with Crippen molar-refractivity contribution < 1.29 is 9.53 Å². The van der Waals surface area contributed by atoms with Crippen LogP contribution in [0.2, 0.25) is 0 Å². The molecule has 5 heteroatoms. The smallest absolute Gasteiger partial charge is 0.222 e. The summed E-state index contributed by atoms with van der Waals surface area (Å²) < 4.78 is 5.41. The molecule has 2 rings (SSSR count). The van der Waals surface area contributed by atoms with E-state index in [0.717, 1.165) is 38.1 Å². The van der Waals surface area contributed by atoms with Crippen LogP contribution in [0.15, 0.2) is 12.4 Å². The van der Waals surface area contributed by atoms with Crippen LogP contribution >= 0.6 is 0 Å². The topological polar surface area (TPSA) is 67.0 Å². The van der Waals surface area contributed by atoms with E-state index in [0.29, 0.717) is 13.0 Å². The molecule has 1 unspecified atom stereocenters. The molecule has 1 aromatic rings. The average molecular weight is 237 g/mol. The normalized spacial score (nSPS) is 19.4. The van der Waals surface area contributed by atoms with Gasteiger partial charge < -0.3 is 15.0 Å². The summed E-state index contributed by atoms with van der Waals surface area (Å²) in [7, 11) is 0. The largest absolute Gasteiger partial charge is 0.378 e. The van der Waals surface area contributed by atoms with E-state index in [9.17, 15) is 4.79 Å². The van der Waals surface area contributed by atoms with Crippen LogP contribution in [-0.4, -0.2) is 35.1 Å². The molecular weight excluding hydrogens is 218 g/mol. The van der Waals surface area contributed by atoms with Crippen LogP contribution in [0.5, 0.6) is 0 Å². The van der Waals surface area contributed by atoms with Gasteiger partial charge in [-0.1, -0.05) is 0 Å². The van der Waals surface area contributed by atoms with Crippen molar-refractivity contribution >= 4 is 5.91 Å². The van der Waals surface area contributed by atoms with Crippen molar-refractivity contribution in [3.8, 4) is 0 Å². The molecule has 2 heterocycles. The number of hydrogen-bond acceptors (Lipinski definition) is 3. The standard InChI is InChI=1S/C12H19N3O2/c16-12(9-10-3-2-8-17-10)15-5-1-4-11-13-6-7-14-11/h6-7,10H,1-5,8-9H2,(H,13,14)(H,15,16). The first-order chi connectivity index (χ1) is 8.34. The molecule has 1 saturated heterocycles. The highest BCUT2D eigenvalue weighted by atomic mass is 16.5. The average Bonchev–Trinajstić information content (AvgIpc) is 2.96. The quantitative estimate of drug-likeness (QED) is 0.726. The third-order valence-electron chi connectivity index (χ3n) is 2.90. The number of amides is 1. The van der Waals surface area contributed by atoms with Gasteiger partial charge >= 0.3 is 0 Å². The summed E-state index contributed by atoms with van der Waals surface area (Å²) in [6.45, 7) is 1.50. The van der Waals surface area contributed by atoms with Crippen LogP contribution in [-0.2, 0) is 16.0 Å². The van der Waals surface area contributed by atoms with E-state index in [4.69, 9.17) is 4.74 Å². The lowest BCUT2D eigenvalue weighted by Gasteiger charge is -2.09. The number of hydrogen-bond donors (Lipinski definition) is 2. The summed E-state index contributed by atoms with van der Waals surface area (Å²) in [5.74, 6) is 1.06. The van der Waals surface area contributed by atoms with Crippen LogP contribution in [0, 0.1) is 0 Å². The molecule has 5 nitrogen and oxygen atoms in total. The maximum atomic E-state index is 11.5. The van der Waals surface area contributed by atoms with Crippen molar-refractivity contribution in [1.29, 1.82) is 0 Å². The minimum atomic E-state index is 0.0938. The number of aryl methyl sites for hydroxylation is 1. The predicted molar refractivity (Wildman–Crippen MR) is 63.5 cm³/mol. The van der Waals surface area contributed by atoms with Crippen molar-refractivity contribution in [2.24, 2.45) is 0 Å². The van der Waals surface area contributed by atoms with Gasteiger partial charge in [0.2, 0.25) is 5.91 Å². The predicted octanol–water partition coefficient (Wildman–Crippen LogP) is 1.03. The zero-order valence-electron chi connectivity index (χ0n) is 9.95. The molecule has 1 amide bonds. The lowest BCUT2D eigenvalue weighted by Crippen LogP contribution is -2.28. The fourth-order valence-corrected chi connectivity index (χ4v) is 2.00. The summed E-state index contributed by atoms with van der Waals surface area (Å²) in [5.41, 5.74) is 0. The van der Waals surface area contributed by atoms with Crippen LogP contribution in [0.3, 0.4) is 0 Å². The van der Waals surface area contributed by atoms with E-state index in [1.165, 1.54) is 0 Å². The first kappa shape index (κ1) is 12.1. The Morgan fingerprint density at radius 1 is 1.65 bits per heavy atom. The lowest BCUT2D eigenvalue weighted by molar-refractivity contribution is -0.123. The number of ether oxygens (including phenoxy) is 1. The minimum absolute atomic E-state index is 0.0938. The number of imidazole rings is 1. The Bertz CT molecular complexity index is 332. The third kappa shape index (κ3) is 4.19. The van der Waals surface area contributed by atoms with Gasteiger partial charge in [-0.2, -0.15) is 0 Å². The highest BCUT2D eigenvalue weighted by Crippen LogP contribution is 2.14. The fourth-order valence-electron chi connectivity index (χ4n) is 2.00. The first-order valence-corrected chi connectivity index (χ1v) is 6.21. The molecule has 2 N–H and O–H groups in total. The van der Waals surface area contributed by atoms with E-state index in [1.54, 1.807) is 6.20 Å². The van der Waals surface area contributed by atoms with Crippen LogP contribution in [0.4, 0.5) is 0 Å². The van der Waals surface area contributed by atoms with E-state index in [-0.39, 0.29) is 12.0 Å². The maximum Gasteiger partial charge on any atom is 0.222 e. The molecule has 1 aliphatic heterocycles. The number of nitrogens with one attached hydrogen (secondary N) is 2. The van der Waals surface area contributed by atoms with Gasteiger partial charge in [0, 0.05) is 32.0 Å². The number of H-pyrrole nitrogens is 1. The molecule has 0 aromatic carbocycles. The second-order valence-electron chi connectivity index (χ2n) is 4.33. The molecule has 0 spiro atoms. The monoisotopic (exact) mass is 237 g/mol. The summed E-state index contributed by atoms with van der Waals surface area (Å²) in [6, 6.07) is 0. The summed E-state index contributed by atoms with van der Waals surface area (Å²) in [6.07, 6.45) is 8.06. The van der Waals surface area contributed by atoms with Gasteiger partial charge in [-0.3, -0.25) is 4.79 Å². The second kappa shape index (κ2) is 6.39. The van der Waals surface area contributed by atoms with E-state index >= 15 is 0 Å². The highest BCUT2D eigenvalue weighted by Gasteiger charge is 2.18. The molecule has 1 aliphatic rings. The molecule has 1 atom stereocenters. The molecular formula is C12H19N3O2. The number of carbonyl (C=O) groups excluding carboxylic acids is 1. The van der Waals surface area contributed by atoms with Crippen LogP contribution in [0.1, 0.15) is 31.5 Å². The SMILES string of the molecule is O=C(CC1CCCO1)NCCCc1ncc[nH]1. The minimum Gasteiger partial charge on any atom is -0.378 e. The van der Waals surface area contributed by atoms with Crippen molar-refractivity contribution in [2.45, 2.75) is 38.2 Å². The van der Waals surface area contributed by atoms with Crippen molar-refractivity contribution in [3.05, 3.63) is 18.2 Å². The number of carbonyl (C=O) groups is 1. The Balaban J connectivity index is 1.53. The Kier molecular flexibility index (Phi) is 4.55. The summed E-state index contributed by atoms with van der Waals surface area (Å²) >= 11 is 0. The fraction of sp³-hybridized carbons (Fsp3) is 0.667. The summed E-state index contributed by atoms with van der Waals surface area (Å²) in [5, 5.41) is 2.91. The molecule has 0 radical (unpaired) electrons. The molecule has 17 heavy (non-hydrogen) atoms. The molecule has 94 valence electrons. The molecule has 1 fully saturated rings. The van der Waals surface area contributed by atoms with Gasteiger partial charge in [0.15, 0.2) is 0 Å². The molecule has 1 aromatic heterocycles. The van der Waals surface area contributed by atoms with Gasteiger partial charge in [0.1, 0.15) is 5.82 Å². The maximum absolute atomic E-state index is 11.5.